The monoisotopic (exact) mass is 319 g/mol. The Balaban J connectivity index is 2.28. The molecule has 0 N–H and O–H groups in total. The van der Waals surface area contributed by atoms with Crippen LogP contribution in [0.15, 0.2) is 42.6 Å². The summed E-state index contributed by atoms with van der Waals surface area (Å²) in [5, 5.41) is 0. The van der Waals surface area contributed by atoms with E-state index in [0.717, 1.165) is 35.0 Å². The molecule has 0 amide bonds. The summed E-state index contributed by atoms with van der Waals surface area (Å²) in [4.78, 5) is 11.8. The topological polar surface area (TPSA) is 21.5 Å². The number of fused-ring (bicyclic) bond motifs is 1. The fraction of sp³-hybridized carbons (Fsp3) is 0.318. The van der Waals surface area contributed by atoms with Crippen molar-refractivity contribution in [3.63, 3.8) is 0 Å². The van der Waals surface area contributed by atoms with E-state index in [-0.39, 0.29) is 5.41 Å². The summed E-state index contributed by atoms with van der Waals surface area (Å²) in [6.07, 6.45) is 4.01. The van der Waals surface area contributed by atoms with Gasteiger partial charge in [0.25, 0.3) is 0 Å². The Hall–Kier alpha value is -2.35. The van der Waals surface area contributed by atoms with E-state index in [0.29, 0.717) is 0 Å². The highest BCUT2D eigenvalue weighted by Crippen LogP contribution is 2.33. The largest absolute Gasteiger partial charge is 0.313 e. The van der Waals surface area contributed by atoms with Crippen molar-refractivity contribution in [2.24, 2.45) is 0 Å². The maximum atomic E-state index is 11.8. The second kappa shape index (κ2) is 5.94. The Morgan fingerprint density at radius 1 is 1.04 bits per heavy atom. The van der Waals surface area contributed by atoms with Crippen molar-refractivity contribution in [1.82, 2.24) is 4.40 Å². The van der Waals surface area contributed by atoms with E-state index in [1.807, 2.05) is 4.40 Å². The van der Waals surface area contributed by atoms with Crippen LogP contribution in [0.2, 0.25) is 0 Å². The number of hydrogen-bond donors (Lipinski definition) is 0. The van der Waals surface area contributed by atoms with Crippen molar-refractivity contribution in [2.75, 3.05) is 0 Å². The van der Waals surface area contributed by atoms with Gasteiger partial charge >= 0.3 is 0 Å². The molecule has 24 heavy (non-hydrogen) atoms. The standard InChI is InChI=1S/C22H25NO/c1-6-16-8-10-18-12-20(21(14-24)23(18)13-16)19-11-17(22(3,4)5)9-7-15(19)2/h7-14H,6H2,1-5H3. The fourth-order valence-corrected chi connectivity index (χ4v) is 3.16. The fourth-order valence-electron chi connectivity index (χ4n) is 3.16. The third kappa shape index (κ3) is 2.77. The van der Waals surface area contributed by atoms with Gasteiger partial charge in [0.2, 0.25) is 0 Å². The first-order chi connectivity index (χ1) is 11.3. The van der Waals surface area contributed by atoms with Gasteiger partial charge in [0.05, 0.1) is 5.69 Å². The quantitative estimate of drug-likeness (QED) is 0.577. The molecule has 3 aromatic rings. The van der Waals surface area contributed by atoms with Gasteiger partial charge in [-0.2, -0.15) is 0 Å². The molecule has 0 unspecified atom stereocenters. The van der Waals surface area contributed by atoms with Crippen LogP contribution < -0.4 is 0 Å². The zero-order valence-electron chi connectivity index (χ0n) is 15.2. The number of aromatic nitrogens is 1. The minimum Gasteiger partial charge on any atom is -0.313 e. The number of carbonyl (C=O) groups is 1. The van der Waals surface area contributed by atoms with Gasteiger partial charge in [-0.1, -0.05) is 52.0 Å². The van der Waals surface area contributed by atoms with Crippen molar-refractivity contribution in [2.45, 2.75) is 46.5 Å². The molecular formula is C22H25NO. The van der Waals surface area contributed by atoms with Crippen LogP contribution >= 0.6 is 0 Å². The van der Waals surface area contributed by atoms with Gasteiger partial charge in [0, 0.05) is 17.3 Å². The molecule has 0 spiro atoms. The lowest BCUT2D eigenvalue weighted by molar-refractivity contribution is 0.111. The molecule has 0 aliphatic heterocycles. The van der Waals surface area contributed by atoms with Crippen molar-refractivity contribution < 1.29 is 4.79 Å². The molecule has 2 aromatic heterocycles. The van der Waals surface area contributed by atoms with Crippen LogP contribution in [-0.2, 0) is 11.8 Å². The SMILES string of the molecule is CCc1ccc2cc(-c3cc(C(C)(C)C)ccc3C)c(C=O)n2c1. The molecule has 0 saturated carbocycles. The number of pyridine rings is 1. The van der Waals surface area contributed by atoms with E-state index in [1.165, 1.54) is 16.7 Å². The minimum absolute atomic E-state index is 0.0817. The number of hydrogen-bond acceptors (Lipinski definition) is 1. The first-order valence-corrected chi connectivity index (χ1v) is 8.56. The normalized spacial score (nSPS) is 11.9. The lowest BCUT2D eigenvalue weighted by Crippen LogP contribution is -2.11. The molecule has 3 rings (SSSR count). The molecular weight excluding hydrogens is 294 g/mol. The van der Waals surface area contributed by atoms with Crippen LogP contribution in [0.5, 0.6) is 0 Å². The van der Waals surface area contributed by atoms with Crippen molar-refractivity contribution in [3.8, 4) is 11.1 Å². The van der Waals surface area contributed by atoms with Gasteiger partial charge in [-0.15, -0.1) is 0 Å². The summed E-state index contributed by atoms with van der Waals surface area (Å²) in [5.74, 6) is 0. The highest BCUT2D eigenvalue weighted by atomic mass is 16.1. The number of nitrogens with zero attached hydrogens (tertiary/aromatic N) is 1. The highest BCUT2D eigenvalue weighted by Gasteiger charge is 2.18. The summed E-state index contributed by atoms with van der Waals surface area (Å²) < 4.78 is 2.02. The molecule has 0 aliphatic rings. The first-order valence-electron chi connectivity index (χ1n) is 8.56. The molecule has 0 aliphatic carbocycles. The number of benzene rings is 1. The van der Waals surface area contributed by atoms with Gasteiger partial charge in [-0.25, -0.2) is 0 Å². The van der Waals surface area contributed by atoms with Crippen LogP contribution in [0.3, 0.4) is 0 Å². The number of carbonyl (C=O) groups excluding carboxylic acids is 1. The van der Waals surface area contributed by atoms with Crippen LogP contribution in [0.25, 0.3) is 16.6 Å². The zero-order chi connectivity index (χ0) is 17.5. The molecule has 124 valence electrons. The average molecular weight is 319 g/mol. The Morgan fingerprint density at radius 3 is 2.42 bits per heavy atom. The molecule has 0 radical (unpaired) electrons. The molecule has 1 aromatic carbocycles. The second-order valence-electron chi connectivity index (χ2n) is 7.53. The number of aldehydes is 1. The third-order valence-corrected chi connectivity index (χ3v) is 4.78. The van der Waals surface area contributed by atoms with Crippen molar-refractivity contribution in [1.29, 1.82) is 0 Å². The Bertz CT molecular complexity index is 910. The Kier molecular flexibility index (Phi) is 4.08. The smallest absolute Gasteiger partial charge is 0.167 e. The van der Waals surface area contributed by atoms with Crippen molar-refractivity contribution >= 4 is 11.8 Å². The van der Waals surface area contributed by atoms with E-state index < -0.39 is 0 Å². The lowest BCUT2D eigenvalue weighted by atomic mass is 9.84. The zero-order valence-corrected chi connectivity index (χ0v) is 15.2. The van der Waals surface area contributed by atoms with Gasteiger partial charge in [0.1, 0.15) is 0 Å². The molecule has 0 saturated heterocycles. The van der Waals surface area contributed by atoms with Crippen LogP contribution in [0, 0.1) is 6.92 Å². The summed E-state index contributed by atoms with van der Waals surface area (Å²) in [6, 6.07) is 12.9. The second-order valence-corrected chi connectivity index (χ2v) is 7.53. The van der Waals surface area contributed by atoms with Gasteiger partial charge in [-0.3, -0.25) is 4.79 Å². The van der Waals surface area contributed by atoms with E-state index in [1.54, 1.807) is 0 Å². The number of aryl methyl sites for hydroxylation is 2. The third-order valence-electron chi connectivity index (χ3n) is 4.78. The first kappa shape index (κ1) is 16.5. The van der Waals surface area contributed by atoms with E-state index in [9.17, 15) is 4.79 Å². The lowest BCUT2D eigenvalue weighted by Gasteiger charge is -2.20. The van der Waals surface area contributed by atoms with Gasteiger partial charge in [-0.05, 0) is 53.1 Å². The summed E-state index contributed by atoms with van der Waals surface area (Å²) in [5.41, 5.74) is 7.74. The Morgan fingerprint density at radius 2 is 1.79 bits per heavy atom. The van der Waals surface area contributed by atoms with Crippen LogP contribution in [-0.4, -0.2) is 10.7 Å². The van der Waals surface area contributed by atoms with Gasteiger partial charge < -0.3 is 4.40 Å². The van der Waals surface area contributed by atoms with E-state index in [4.69, 9.17) is 0 Å². The molecule has 0 fully saturated rings. The Labute approximate surface area is 144 Å². The number of rotatable bonds is 3. The summed E-state index contributed by atoms with van der Waals surface area (Å²) in [6.45, 7) is 10.9. The molecule has 2 nitrogen and oxygen atoms in total. The highest BCUT2D eigenvalue weighted by molar-refractivity contribution is 5.90. The average Bonchev–Trinajstić information content (AvgIpc) is 2.91. The van der Waals surface area contributed by atoms with E-state index >= 15 is 0 Å². The summed E-state index contributed by atoms with van der Waals surface area (Å²) in [7, 11) is 0. The summed E-state index contributed by atoms with van der Waals surface area (Å²) >= 11 is 0. The van der Waals surface area contributed by atoms with E-state index in [2.05, 4.69) is 77.2 Å². The molecule has 0 atom stereocenters. The van der Waals surface area contributed by atoms with Gasteiger partial charge in [0.15, 0.2) is 6.29 Å². The predicted octanol–water partition coefficient (Wildman–Crippen LogP) is 5.59. The molecule has 2 heteroatoms. The maximum absolute atomic E-state index is 11.8. The van der Waals surface area contributed by atoms with Crippen molar-refractivity contribution in [3.05, 3.63) is 65.0 Å². The molecule has 2 heterocycles. The maximum Gasteiger partial charge on any atom is 0.167 e. The van der Waals surface area contributed by atoms with Crippen LogP contribution in [0.4, 0.5) is 0 Å². The predicted molar refractivity (Wildman–Crippen MR) is 101 cm³/mol. The molecule has 0 bridgehead atoms. The van der Waals surface area contributed by atoms with Crippen LogP contribution in [0.1, 0.15) is 54.9 Å². The minimum atomic E-state index is 0.0817.